The molecular formula is C37H47N5O8. The van der Waals surface area contributed by atoms with Gasteiger partial charge in [-0.3, -0.25) is 14.4 Å². The molecule has 1 aliphatic heterocycles. The molecule has 1 saturated heterocycles. The highest BCUT2D eigenvalue weighted by atomic mass is 16.6. The minimum Gasteiger partial charge on any atom is -0.467 e. The van der Waals surface area contributed by atoms with Crippen LogP contribution < -0.4 is 16.0 Å². The number of benzene rings is 2. The predicted octanol–water partition coefficient (Wildman–Crippen LogP) is 4.18. The fourth-order valence-corrected chi connectivity index (χ4v) is 5.53. The van der Waals surface area contributed by atoms with Gasteiger partial charge in [-0.2, -0.15) is 0 Å². The third-order valence-corrected chi connectivity index (χ3v) is 8.04. The van der Waals surface area contributed by atoms with E-state index in [4.69, 9.17) is 14.2 Å². The van der Waals surface area contributed by atoms with Crippen molar-refractivity contribution in [2.24, 2.45) is 0 Å². The van der Waals surface area contributed by atoms with Gasteiger partial charge in [-0.1, -0.05) is 60.7 Å². The van der Waals surface area contributed by atoms with Crippen LogP contribution in [0.5, 0.6) is 0 Å². The number of likely N-dealkylation sites (tertiary alicyclic amines) is 1. The van der Waals surface area contributed by atoms with Gasteiger partial charge in [0.25, 0.3) is 5.91 Å². The van der Waals surface area contributed by atoms with Gasteiger partial charge in [0.1, 0.15) is 29.3 Å². The minimum absolute atomic E-state index is 0.176. The molecule has 13 heteroatoms. The lowest BCUT2D eigenvalue weighted by atomic mass is 10.0. The lowest BCUT2D eigenvalue weighted by Crippen LogP contribution is -2.59. The van der Waals surface area contributed by atoms with E-state index in [2.05, 4.69) is 16.0 Å². The van der Waals surface area contributed by atoms with Crippen LogP contribution in [-0.4, -0.2) is 82.7 Å². The molecule has 1 unspecified atom stereocenters. The summed E-state index contributed by atoms with van der Waals surface area (Å²) >= 11 is 0. The van der Waals surface area contributed by atoms with Gasteiger partial charge in [-0.15, -0.1) is 0 Å². The molecule has 0 spiro atoms. The van der Waals surface area contributed by atoms with Gasteiger partial charge < -0.3 is 39.6 Å². The topological polar surface area (TPSA) is 157 Å². The van der Waals surface area contributed by atoms with Gasteiger partial charge >= 0.3 is 12.1 Å². The second-order valence-corrected chi connectivity index (χ2v) is 13.6. The lowest BCUT2D eigenvalue weighted by Gasteiger charge is -2.29. The van der Waals surface area contributed by atoms with Gasteiger partial charge in [0.2, 0.25) is 11.8 Å². The zero-order valence-electron chi connectivity index (χ0n) is 29.4. The lowest BCUT2D eigenvalue weighted by molar-refractivity contribution is -0.151. The summed E-state index contributed by atoms with van der Waals surface area (Å²) in [7, 11) is 1.31. The fourth-order valence-electron chi connectivity index (χ4n) is 5.53. The number of methoxy groups -OCH3 is 1. The number of amides is 4. The van der Waals surface area contributed by atoms with Crippen LogP contribution in [0.1, 0.15) is 64.6 Å². The third kappa shape index (κ3) is 10.2. The standard InChI is InChI=1S/C37H47N5O8/c1-36(2,3)50-35(47)40-37(4,5)34(46)39-28(24-49-23-25-14-9-7-10-15-25)31(43)38-27-19-21-41(22-27)30(26-16-11-8-12-17-26)32(44)42-20-13-18-29(42)33(45)48-6/h7-12,14-17,19,21-22,28-30H,13,18,20,23-24H2,1-6H3,(H,38,43)(H,39,46)(H,40,47)/t28-,29+,30?/m1/s1. The van der Waals surface area contributed by atoms with Gasteiger partial charge in [0, 0.05) is 18.9 Å². The molecule has 3 N–H and O–H groups in total. The van der Waals surface area contributed by atoms with Crippen molar-refractivity contribution in [2.75, 3.05) is 25.6 Å². The molecule has 2 heterocycles. The maximum absolute atomic E-state index is 14.0. The van der Waals surface area contributed by atoms with Gasteiger partial charge in [-0.25, -0.2) is 9.59 Å². The summed E-state index contributed by atoms with van der Waals surface area (Å²) in [5.41, 5.74) is -0.276. The van der Waals surface area contributed by atoms with Crippen molar-refractivity contribution >= 4 is 35.5 Å². The number of rotatable bonds is 13. The molecule has 4 amide bonds. The Hall–Kier alpha value is -5.17. The molecule has 1 aliphatic rings. The largest absolute Gasteiger partial charge is 0.467 e. The van der Waals surface area contributed by atoms with Crippen LogP contribution in [-0.2, 0) is 40.0 Å². The average Bonchev–Trinajstić information content (AvgIpc) is 3.74. The number of hydrogen-bond donors (Lipinski definition) is 3. The highest BCUT2D eigenvalue weighted by Gasteiger charge is 2.39. The maximum atomic E-state index is 14.0. The third-order valence-electron chi connectivity index (χ3n) is 8.04. The first-order chi connectivity index (χ1) is 23.7. The summed E-state index contributed by atoms with van der Waals surface area (Å²) in [6.07, 6.45) is 3.69. The van der Waals surface area contributed by atoms with E-state index in [0.717, 1.165) is 5.56 Å². The number of aromatic nitrogens is 1. The smallest absolute Gasteiger partial charge is 0.408 e. The molecule has 2 aromatic carbocycles. The Morgan fingerprint density at radius 2 is 1.58 bits per heavy atom. The number of nitrogens with zero attached hydrogens (tertiary/aromatic N) is 2. The summed E-state index contributed by atoms with van der Waals surface area (Å²) in [5, 5.41) is 8.08. The SMILES string of the molecule is COC(=O)[C@@H]1CCCN1C(=O)C(c1ccccc1)n1ccc(NC(=O)[C@@H](COCc2ccccc2)NC(=O)C(C)(C)NC(=O)OC(C)(C)C)c1. The van der Waals surface area contributed by atoms with Crippen molar-refractivity contribution in [2.45, 2.75) is 83.3 Å². The minimum atomic E-state index is -1.44. The van der Waals surface area contributed by atoms with E-state index in [1.54, 1.807) is 48.7 Å². The van der Waals surface area contributed by atoms with E-state index >= 15 is 0 Å². The maximum Gasteiger partial charge on any atom is 0.408 e. The highest BCUT2D eigenvalue weighted by molar-refractivity contribution is 5.99. The van der Waals surface area contributed by atoms with Crippen molar-refractivity contribution in [1.82, 2.24) is 20.1 Å². The van der Waals surface area contributed by atoms with E-state index in [9.17, 15) is 24.0 Å². The quantitative estimate of drug-likeness (QED) is 0.226. The van der Waals surface area contributed by atoms with Crippen LogP contribution in [0.25, 0.3) is 0 Å². The average molecular weight is 690 g/mol. The number of hydrogen-bond acceptors (Lipinski definition) is 8. The van der Waals surface area contributed by atoms with Crippen molar-refractivity contribution in [1.29, 1.82) is 0 Å². The number of carbonyl (C=O) groups excluding carboxylic acids is 5. The Kier molecular flexibility index (Phi) is 12.4. The Morgan fingerprint density at radius 1 is 0.920 bits per heavy atom. The molecule has 0 aliphatic carbocycles. The van der Waals surface area contributed by atoms with Crippen molar-refractivity contribution < 1.29 is 38.2 Å². The normalized spacial score (nSPS) is 15.8. The van der Waals surface area contributed by atoms with Crippen LogP contribution >= 0.6 is 0 Å². The number of ether oxygens (including phenoxy) is 3. The summed E-state index contributed by atoms with van der Waals surface area (Å²) in [6.45, 7) is 8.56. The van der Waals surface area contributed by atoms with Crippen molar-refractivity contribution in [3.8, 4) is 0 Å². The second kappa shape index (κ2) is 16.5. The molecule has 1 aromatic heterocycles. The molecule has 50 heavy (non-hydrogen) atoms. The molecule has 3 atom stereocenters. The summed E-state index contributed by atoms with van der Waals surface area (Å²) in [4.78, 5) is 67.6. The highest BCUT2D eigenvalue weighted by Crippen LogP contribution is 2.28. The predicted molar refractivity (Wildman–Crippen MR) is 186 cm³/mol. The van der Waals surface area contributed by atoms with E-state index in [1.165, 1.54) is 21.0 Å². The van der Waals surface area contributed by atoms with Crippen LogP contribution in [0.3, 0.4) is 0 Å². The Morgan fingerprint density at radius 3 is 2.22 bits per heavy atom. The first-order valence-corrected chi connectivity index (χ1v) is 16.5. The number of alkyl carbamates (subject to hydrolysis) is 1. The Bertz CT molecular complexity index is 1630. The van der Waals surface area contributed by atoms with Crippen LogP contribution in [0.4, 0.5) is 10.5 Å². The molecule has 0 saturated carbocycles. The molecule has 1 fully saturated rings. The summed E-state index contributed by atoms with van der Waals surface area (Å²) < 4.78 is 17.8. The van der Waals surface area contributed by atoms with Crippen molar-refractivity contribution in [3.05, 3.63) is 90.3 Å². The number of esters is 1. The Balaban J connectivity index is 1.53. The summed E-state index contributed by atoms with van der Waals surface area (Å²) in [5.74, 6) is -1.96. The first-order valence-electron chi connectivity index (χ1n) is 16.5. The Labute approximate surface area is 292 Å². The van der Waals surface area contributed by atoms with Crippen LogP contribution in [0.15, 0.2) is 79.1 Å². The van der Waals surface area contributed by atoms with Crippen LogP contribution in [0, 0.1) is 0 Å². The number of carbonyl (C=O) groups is 5. The van der Waals surface area contributed by atoms with E-state index in [0.29, 0.717) is 30.6 Å². The monoisotopic (exact) mass is 689 g/mol. The van der Waals surface area contributed by atoms with Gasteiger partial charge in [-0.05, 0) is 64.7 Å². The molecule has 13 nitrogen and oxygen atoms in total. The second-order valence-electron chi connectivity index (χ2n) is 13.6. The molecule has 4 rings (SSSR count). The van der Waals surface area contributed by atoms with Crippen LogP contribution in [0.2, 0.25) is 0 Å². The van der Waals surface area contributed by atoms with Gasteiger partial charge in [0.15, 0.2) is 0 Å². The van der Waals surface area contributed by atoms with E-state index in [-0.39, 0.29) is 19.1 Å². The zero-order chi connectivity index (χ0) is 36.5. The zero-order valence-corrected chi connectivity index (χ0v) is 29.4. The van der Waals surface area contributed by atoms with Crippen molar-refractivity contribution in [3.63, 3.8) is 0 Å². The van der Waals surface area contributed by atoms with Gasteiger partial charge in [0.05, 0.1) is 26.0 Å². The molecular weight excluding hydrogens is 642 g/mol. The fraction of sp³-hybridized carbons (Fsp3) is 0.432. The first kappa shape index (κ1) is 37.6. The van der Waals surface area contributed by atoms with E-state index < -0.39 is 53.1 Å². The molecule has 0 bridgehead atoms. The molecule has 3 aromatic rings. The molecule has 0 radical (unpaired) electrons. The number of nitrogens with one attached hydrogen (secondary N) is 3. The molecule has 268 valence electrons. The van der Waals surface area contributed by atoms with E-state index in [1.807, 2.05) is 60.7 Å². The number of anilines is 1. The summed E-state index contributed by atoms with van der Waals surface area (Å²) in [6, 6.07) is 17.5.